The van der Waals surface area contributed by atoms with Gasteiger partial charge in [0.15, 0.2) is 0 Å². The highest BCUT2D eigenvalue weighted by Gasteiger charge is 2.17. The third kappa shape index (κ3) is 7.00. The lowest BCUT2D eigenvalue weighted by molar-refractivity contribution is 0.0494. The van der Waals surface area contributed by atoms with Gasteiger partial charge in [0, 0.05) is 10.7 Å². The Bertz CT molecular complexity index is 432. The van der Waals surface area contributed by atoms with Crippen LogP contribution in [0.4, 0.5) is 4.79 Å². The number of halogens is 1. The van der Waals surface area contributed by atoms with Gasteiger partial charge in [0.1, 0.15) is 18.0 Å². The van der Waals surface area contributed by atoms with Crippen molar-refractivity contribution in [3.05, 3.63) is 22.9 Å². The summed E-state index contributed by atoms with van der Waals surface area (Å²) in [5, 5.41) is 2.70. The molecule has 0 aromatic carbocycles. The first-order valence-electron chi connectivity index (χ1n) is 5.99. The SMILES string of the molecule is C[C@@H](COc1cncc(Br)c1)NC(=O)OC(C)(C)C. The molecule has 0 spiro atoms. The van der Waals surface area contributed by atoms with E-state index in [0.29, 0.717) is 12.4 Å². The molecule has 0 saturated heterocycles. The molecule has 1 atom stereocenters. The van der Waals surface area contributed by atoms with E-state index in [0.717, 1.165) is 4.47 Å². The highest BCUT2D eigenvalue weighted by Crippen LogP contribution is 2.15. The fraction of sp³-hybridized carbons (Fsp3) is 0.538. The maximum Gasteiger partial charge on any atom is 0.407 e. The first-order valence-corrected chi connectivity index (χ1v) is 6.78. The van der Waals surface area contributed by atoms with E-state index >= 15 is 0 Å². The number of carbonyl (C=O) groups is 1. The average molecular weight is 331 g/mol. The number of alkyl carbamates (subject to hydrolysis) is 1. The monoisotopic (exact) mass is 330 g/mol. The number of ether oxygens (including phenoxy) is 2. The molecular formula is C13H19BrN2O3. The lowest BCUT2D eigenvalue weighted by Crippen LogP contribution is -2.40. The van der Waals surface area contributed by atoms with Gasteiger partial charge in [-0.1, -0.05) is 0 Å². The van der Waals surface area contributed by atoms with Crippen molar-refractivity contribution in [1.29, 1.82) is 0 Å². The number of rotatable bonds is 4. The van der Waals surface area contributed by atoms with Crippen molar-refractivity contribution in [1.82, 2.24) is 10.3 Å². The van der Waals surface area contributed by atoms with Crippen LogP contribution in [0.25, 0.3) is 0 Å². The van der Waals surface area contributed by atoms with E-state index in [1.165, 1.54) is 0 Å². The molecule has 0 aliphatic carbocycles. The topological polar surface area (TPSA) is 60.5 Å². The van der Waals surface area contributed by atoms with E-state index in [4.69, 9.17) is 9.47 Å². The van der Waals surface area contributed by atoms with Crippen LogP contribution in [0, 0.1) is 0 Å². The van der Waals surface area contributed by atoms with E-state index in [1.54, 1.807) is 12.4 Å². The first kappa shape index (κ1) is 15.8. The fourth-order valence-electron chi connectivity index (χ4n) is 1.24. The summed E-state index contributed by atoms with van der Waals surface area (Å²) in [6, 6.07) is 1.65. The molecule has 1 amide bonds. The summed E-state index contributed by atoms with van der Waals surface area (Å²) in [5.41, 5.74) is -0.501. The van der Waals surface area contributed by atoms with Crippen LogP contribution in [0.5, 0.6) is 5.75 Å². The van der Waals surface area contributed by atoms with Crippen molar-refractivity contribution in [2.24, 2.45) is 0 Å². The number of carbonyl (C=O) groups excluding carboxylic acids is 1. The summed E-state index contributed by atoms with van der Waals surface area (Å²) in [7, 11) is 0. The Labute approximate surface area is 121 Å². The molecule has 19 heavy (non-hydrogen) atoms. The molecule has 0 aliphatic heterocycles. The van der Waals surface area contributed by atoms with Crippen molar-refractivity contribution in [3.63, 3.8) is 0 Å². The van der Waals surface area contributed by atoms with Crippen molar-refractivity contribution in [2.45, 2.75) is 39.3 Å². The van der Waals surface area contributed by atoms with E-state index in [2.05, 4.69) is 26.2 Å². The second-order valence-electron chi connectivity index (χ2n) is 5.20. The molecule has 1 rings (SSSR count). The van der Waals surface area contributed by atoms with Gasteiger partial charge in [0.05, 0.1) is 12.2 Å². The van der Waals surface area contributed by atoms with Crippen LogP contribution in [-0.4, -0.2) is 29.3 Å². The Morgan fingerprint density at radius 3 is 2.74 bits per heavy atom. The van der Waals surface area contributed by atoms with Gasteiger partial charge in [-0.25, -0.2) is 4.79 Å². The molecule has 106 valence electrons. The van der Waals surface area contributed by atoms with Crippen LogP contribution >= 0.6 is 15.9 Å². The van der Waals surface area contributed by atoms with E-state index in [-0.39, 0.29) is 6.04 Å². The Balaban J connectivity index is 2.36. The maximum absolute atomic E-state index is 11.5. The summed E-state index contributed by atoms with van der Waals surface area (Å²) < 4.78 is 11.5. The van der Waals surface area contributed by atoms with E-state index < -0.39 is 11.7 Å². The molecule has 0 saturated carbocycles. The maximum atomic E-state index is 11.5. The third-order valence-corrected chi connectivity index (χ3v) is 2.38. The van der Waals surface area contributed by atoms with Gasteiger partial charge in [-0.15, -0.1) is 0 Å². The Kier molecular flexibility index (Phi) is 5.60. The van der Waals surface area contributed by atoms with Crippen LogP contribution in [0.2, 0.25) is 0 Å². The van der Waals surface area contributed by atoms with Crippen LogP contribution in [0.1, 0.15) is 27.7 Å². The van der Waals surface area contributed by atoms with Crippen LogP contribution < -0.4 is 10.1 Å². The first-order chi connectivity index (χ1) is 8.76. The van der Waals surface area contributed by atoms with Gasteiger partial charge in [-0.3, -0.25) is 4.98 Å². The molecule has 0 bridgehead atoms. The Hall–Kier alpha value is -1.30. The predicted molar refractivity (Wildman–Crippen MR) is 76.3 cm³/mol. The number of nitrogens with zero attached hydrogens (tertiary/aromatic N) is 1. The van der Waals surface area contributed by atoms with Crippen molar-refractivity contribution >= 4 is 22.0 Å². The molecule has 1 N–H and O–H groups in total. The van der Waals surface area contributed by atoms with Crippen LogP contribution in [-0.2, 0) is 4.74 Å². The number of pyridine rings is 1. The zero-order chi connectivity index (χ0) is 14.5. The molecule has 0 radical (unpaired) electrons. The molecule has 0 unspecified atom stereocenters. The summed E-state index contributed by atoms with van der Waals surface area (Å²) in [6.07, 6.45) is 2.84. The van der Waals surface area contributed by atoms with E-state index in [9.17, 15) is 4.79 Å². The van der Waals surface area contributed by atoms with Gasteiger partial charge in [-0.2, -0.15) is 0 Å². The number of nitrogens with one attached hydrogen (secondary N) is 1. The van der Waals surface area contributed by atoms with Crippen molar-refractivity contribution in [3.8, 4) is 5.75 Å². The summed E-state index contributed by atoms with van der Waals surface area (Å²) >= 11 is 3.31. The van der Waals surface area contributed by atoms with Gasteiger partial charge < -0.3 is 14.8 Å². The quantitative estimate of drug-likeness (QED) is 0.921. The number of hydrogen-bond acceptors (Lipinski definition) is 4. The summed E-state index contributed by atoms with van der Waals surface area (Å²) in [4.78, 5) is 15.5. The predicted octanol–water partition coefficient (Wildman–Crippen LogP) is 3.14. The highest BCUT2D eigenvalue weighted by atomic mass is 79.9. The largest absolute Gasteiger partial charge is 0.490 e. The lowest BCUT2D eigenvalue weighted by atomic mass is 10.2. The standard InChI is InChI=1S/C13H19BrN2O3/c1-9(16-12(17)19-13(2,3)4)8-18-11-5-10(14)6-15-7-11/h5-7,9H,8H2,1-4H3,(H,16,17)/t9-/m0/s1. The molecular weight excluding hydrogens is 312 g/mol. The summed E-state index contributed by atoms with van der Waals surface area (Å²) in [6.45, 7) is 7.65. The minimum absolute atomic E-state index is 0.158. The Morgan fingerprint density at radius 2 is 2.16 bits per heavy atom. The zero-order valence-corrected chi connectivity index (χ0v) is 13.2. The zero-order valence-electron chi connectivity index (χ0n) is 11.6. The summed E-state index contributed by atoms with van der Waals surface area (Å²) in [5.74, 6) is 0.646. The Morgan fingerprint density at radius 1 is 1.47 bits per heavy atom. The average Bonchev–Trinajstić information content (AvgIpc) is 2.23. The van der Waals surface area contributed by atoms with Gasteiger partial charge in [0.25, 0.3) is 0 Å². The number of aromatic nitrogens is 1. The minimum Gasteiger partial charge on any atom is -0.490 e. The van der Waals surface area contributed by atoms with Crippen molar-refractivity contribution in [2.75, 3.05) is 6.61 Å². The van der Waals surface area contributed by atoms with Gasteiger partial charge in [0.2, 0.25) is 0 Å². The van der Waals surface area contributed by atoms with E-state index in [1.807, 2.05) is 33.8 Å². The normalized spacial score (nSPS) is 12.7. The molecule has 1 aromatic heterocycles. The molecule has 1 aromatic rings. The molecule has 6 heteroatoms. The number of hydrogen-bond donors (Lipinski definition) is 1. The smallest absolute Gasteiger partial charge is 0.407 e. The lowest BCUT2D eigenvalue weighted by Gasteiger charge is -2.22. The van der Waals surface area contributed by atoms with Gasteiger partial charge in [-0.05, 0) is 49.7 Å². The minimum atomic E-state index is -0.501. The second kappa shape index (κ2) is 6.75. The second-order valence-corrected chi connectivity index (χ2v) is 6.11. The van der Waals surface area contributed by atoms with Gasteiger partial charge >= 0.3 is 6.09 Å². The fourth-order valence-corrected chi connectivity index (χ4v) is 1.59. The third-order valence-electron chi connectivity index (χ3n) is 1.94. The molecule has 0 aliphatic rings. The van der Waals surface area contributed by atoms with Crippen LogP contribution in [0.3, 0.4) is 0 Å². The van der Waals surface area contributed by atoms with Crippen LogP contribution in [0.15, 0.2) is 22.9 Å². The highest BCUT2D eigenvalue weighted by molar-refractivity contribution is 9.10. The molecule has 5 nitrogen and oxygen atoms in total. The number of amides is 1. The molecule has 1 heterocycles. The van der Waals surface area contributed by atoms with Crippen molar-refractivity contribution < 1.29 is 14.3 Å². The molecule has 0 fully saturated rings.